The molecule has 0 N–H and O–H groups in total. The lowest BCUT2D eigenvalue weighted by Crippen LogP contribution is -2.61. The molecule has 3 aliphatic rings. The Morgan fingerprint density at radius 2 is 1.39 bits per heavy atom. The van der Waals surface area contributed by atoms with Crippen molar-refractivity contribution in [3.05, 3.63) is 0 Å². The number of ether oxygens (including phenoxy) is 3. The van der Waals surface area contributed by atoms with Crippen molar-refractivity contribution in [2.75, 3.05) is 46.2 Å². The molecular weight excluding hydrogens is 248 g/mol. The Kier molecular flexibility index (Phi) is 4.05. The highest BCUT2D eigenvalue weighted by atomic mass is 28.2. The molecule has 4 nitrogen and oxygen atoms in total. The second-order valence-electron chi connectivity index (χ2n) is 5.76. The molecule has 0 aromatic heterocycles. The van der Waals surface area contributed by atoms with Gasteiger partial charge in [0.2, 0.25) is 0 Å². The molecule has 0 saturated carbocycles. The van der Waals surface area contributed by atoms with E-state index in [1.54, 1.807) is 0 Å². The zero-order valence-corrected chi connectivity index (χ0v) is 12.6. The van der Waals surface area contributed by atoms with Crippen molar-refractivity contribution in [3.63, 3.8) is 0 Å². The van der Waals surface area contributed by atoms with Crippen molar-refractivity contribution in [2.24, 2.45) is 23.2 Å². The lowest BCUT2D eigenvalue weighted by Gasteiger charge is -2.58. The van der Waals surface area contributed by atoms with E-state index in [1.165, 1.54) is 6.42 Å². The molecule has 0 spiro atoms. The largest absolute Gasteiger partial charge is 0.424 e. The van der Waals surface area contributed by atoms with Gasteiger partial charge in [0, 0.05) is 24.4 Å². The van der Waals surface area contributed by atoms with E-state index >= 15 is 0 Å². The van der Waals surface area contributed by atoms with Gasteiger partial charge < -0.3 is 18.6 Å². The quantitative estimate of drug-likeness (QED) is 0.498. The van der Waals surface area contributed by atoms with E-state index in [-0.39, 0.29) is 9.76 Å². The first-order valence-electron chi connectivity index (χ1n) is 7.19. The molecule has 3 heterocycles. The molecule has 3 fully saturated rings. The minimum atomic E-state index is -0.287. The molecular formula is C13H24O4Si. The Morgan fingerprint density at radius 1 is 0.944 bits per heavy atom. The van der Waals surface area contributed by atoms with Gasteiger partial charge in [0.25, 0.3) is 0 Å². The van der Waals surface area contributed by atoms with Gasteiger partial charge in [-0.2, -0.15) is 0 Å². The fourth-order valence-corrected chi connectivity index (χ4v) is 4.08. The standard InChI is InChI=1S/C13H24O4Si/c1-18-17-3-2-13(10-4-14-5-10,11-6-15-7-11)12-8-16-9-12/h10-12H,2-9,18H2,1H3. The molecule has 0 bridgehead atoms. The Morgan fingerprint density at radius 3 is 1.67 bits per heavy atom. The van der Waals surface area contributed by atoms with Crippen LogP contribution in [-0.2, 0) is 18.6 Å². The van der Waals surface area contributed by atoms with Crippen LogP contribution in [0, 0.1) is 23.2 Å². The third-order valence-electron chi connectivity index (χ3n) is 5.08. The molecule has 0 aliphatic carbocycles. The van der Waals surface area contributed by atoms with Gasteiger partial charge >= 0.3 is 0 Å². The van der Waals surface area contributed by atoms with Gasteiger partial charge in [-0.3, -0.25) is 0 Å². The predicted octanol–water partition coefficient (Wildman–Crippen LogP) is 0.451. The first kappa shape index (κ1) is 13.1. The van der Waals surface area contributed by atoms with Crippen molar-refractivity contribution >= 4 is 9.76 Å². The van der Waals surface area contributed by atoms with Gasteiger partial charge in [-0.1, -0.05) is 6.55 Å². The molecule has 104 valence electrons. The minimum Gasteiger partial charge on any atom is -0.424 e. The lowest BCUT2D eigenvalue weighted by atomic mass is 9.55. The van der Waals surface area contributed by atoms with E-state index in [2.05, 4.69) is 6.55 Å². The summed E-state index contributed by atoms with van der Waals surface area (Å²) in [6, 6.07) is 0. The average molecular weight is 272 g/mol. The Labute approximate surface area is 111 Å². The van der Waals surface area contributed by atoms with Crippen LogP contribution in [0.25, 0.3) is 0 Å². The van der Waals surface area contributed by atoms with Gasteiger partial charge in [0.1, 0.15) is 0 Å². The van der Waals surface area contributed by atoms with Crippen LogP contribution in [-0.4, -0.2) is 56.0 Å². The second-order valence-corrected chi connectivity index (χ2v) is 6.75. The van der Waals surface area contributed by atoms with E-state index < -0.39 is 0 Å². The molecule has 5 heteroatoms. The van der Waals surface area contributed by atoms with Crippen molar-refractivity contribution in [2.45, 2.75) is 13.0 Å². The van der Waals surface area contributed by atoms with Crippen LogP contribution in [0.15, 0.2) is 0 Å². The summed E-state index contributed by atoms with van der Waals surface area (Å²) >= 11 is 0. The maximum Gasteiger partial charge on any atom is 0.158 e. The summed E-state index contributed by atoms with van der Waals surface area (Å²) in [5.41, 5.74) is 0.359. The fraction of sp³-hybridized carbons (Fsp3) is 1.00. The van der Waals surface area contributed by atoms with Crippen LogP contribution < -0.4 is 0 Å². The van der Waals surface area contributed by atoms with Crippen LogP contribution in [0.5, 0.6) is 0 Å². The second kappa shape index (κ2) is 5.59. The summed E-state index contributed by atoms with van der Waals surface area (Å²) in [4.78, 5) is 0. The molecule has 3 rings (SSSR count). The number of hydrogen-bond acceptors (Lipinski definition) is 4. The maximum absolute atomic E-state index is 5.76. The van der Waals surface area contributed by atoms with Crippen LogP contribution >= 0.6 is 0 Å². The normalized spacial score (nSPS) is 27.2. The lowest BCUT2D eigenvalue weighted by molar-refractivity contribution is -0.244. The van der Waals surface area contributed by atoms with E-state index in [0.717, 1.165) is 46.2 Å². The summed E-state index contributed by atoms with van der Waals surface area (Å²) in [5.74, 6) is 2.09. The highest BCUT2D eigenvalue weighted by Gasteiger charge is 2.56. The highest BCUT2D eigenvalue weighted by molar-refractivity contribution is 6.24. The van der Waals surface area contributed by atoms with Gasteiger partial charge in [0.05, 0.1) is 39.6 Å². The van der Waals surface area contributed by atoms with Crippen LogP contribution in [0.1, 0.15) is 6.42 Å². The summed E-state index contributed by atoms with van der Waals surface area (Å²) in [5, 5.41) is 0. The molecule has 0 atom stereocenters. The van der Waals surface area contributed by atoms with E-state index in [1.807, 2.05) is 0 Å². The van der Waals surface area contributed by atoms with Crippen LogP contribution in [0.3, 0.4) is 0 Å². The molecule has 0 unspecified atom stereocenters. The summed E-state index contributed by atoms with van der Waals surface area (Å²) < 4.78 is 22.2. The predicted molar refractivity (Wildman–Crippen MR) is 70.3 cm³/mol. The molecule has 0 aromatic carbocycles. The van der Waals surface area contributed by atoms with Crippen LogP contribution in [0.4, 0.5) is 0 Å². The fourth-order valence-electron chi connectivity index (χ4n) is 3.64. The minimum absolute atomic E-state index is 0.287. The SMILES string of the molecule is C[SiH2]OCCC(C1COC1)(C1COC1)C1COC1. The van der Waals surface area contributed by atoms with Crippen molar-refractivity contribution in [1.82, 2.24) is 0 Å². The van der Waals surface area contributed by atoms with Gasteiger partial charge in [-0.05, 0) is 11.8 Å². The zero-order chi connectivity index (χ0) is 12.4. The van der Waals surface area contributed by atoms with Crippen molar-refractivity contribution < 1.29 is 18.6 Å². The Balaban J connectivity index is 1.73. The van der Waals surface area contributed by atoms with E-state index in [0.29, 0.717) is 23.2 Å². The van der Waals surface area contributed by atoms with Crippen molar-refractivity contribution in [1.29, 1.82) is 0 Å². The monoisotopic (exact) mass is 272 g/mol. The summed E-state index contributed by atoms with van der Waals surface area (Å²) in [7, 11) is -0.287. The topological polar surface area (TPSA) is 36.9 Å². The number of hydrogen-bond donors (Lipinski definition) is 0. The summed E-state index contributed by atoms with van der Waals surface area (Å²) in [6.45, 7) is 8.69. The third kappa shape index (κ3) is 2.06. The highest BCUT2D eigenvalue weighted by Crippen LogP contribution is 2.53. The first-order valence-corrected chi connectivity index (χ1v) is 9.18. The van der Waals surface area contributed by atoms with Gasteiger partial charge in [0.15, 0.2) is 9.76 Å². The smallest absolute Gasteiger partial charge is 0.158 e. The van der Waals surface area contributed by atoms with Crippen molar-refractivity contribution in [3.8, 4) is 0 Å². The molecule has 3 saturated heterocycles. The van der Waals surface area contributed by atoms with E-state index in [9.17, 15) is 0 Å². The average Bonchev–Trinajstić information content (AvgIpc) is 2.08. The number of rotatable bonds is 7. The Hall–Kier alpha value is 0.0569. The molecule has 0 amide bonds. The van der Waals surface area contributed by atoms with E-state index in [4.69, 9.17) is 18.6 Å². The molecule has 0 radical (unpaired) electrons. The summed E-state index contributed by atoms with van der Waals surface area (Å²) in [6.07, 6.45) is 1.17. The molecule has 3 aliphatic heterocycles. The van der Waals surface area contributed by atoms with Crippen LogP contribution in [0.2, 0.25) is 6.55 Å². The van der Waals surface area contributed by atoms with Gasteiger partial charge in [-0.15, -0.1) is 0 Å². The molecule has 0 aromatic rings. The maximum atomic E-state index is 5.76. The zero-order valence-electron chi connectivity index (χ0n) is 11.2. The third-order valence-corrected chi connectivity index (χ3v) is 5.77. The Bertz CT molecular complexity index is 238. The first-order chi connectivity index (χ1) is 8.88. The van der Waals surface area contributed by atoms with Gasteiger partial charge in [-0.25, -0.2) is 0 Å². The molecule has 18 heavy (non-hydrogen) atoms.